The van der Waals surface area contributed by atoms with Crippen molar-refractivity contribution in [3.8, 4) is 11.4 Å². The summed E-state index contributed by atoms with van der Waals surface area (Å²) in [5.41, 5.74) is 2.26. The molecule has 0 radical (unpaired) electrons. The monoisotopic (exact) mass is 377 g/mol. The van der Waals surface area contributed by atoms with Crippen LogP contribution in [0.25, 0.3) is 11.4 Å². The SMILES string of the molecule is CCn1c(SCc2cccc(Br)c2)nnc1-c1ccoc1C. The summed E-state index contributed by atoms with van der Waals surface area (Å²) in [5.74, 6) is 2.60. The van der Waals surface area contributed by atoms with Gasteiger partial charge in [0.15, 0.2) is 11.0 Å². The maximum Gasteiger partial charge on any atom is 0.191 e. The van der Waals surface area contributed by atoms with Gasteiger partial charge in [-0.2, -0.15) is 0 Å². The van der Waals surface area contributed by atoms with Gasteiger partial charge in [0.2, 0.25) is 0 Å². The Hall–Kier alpha value is -1.53. The highest BCUT2D eigenvalue weighted by molar-refractivity contribution is 9.10. The van der Waals surface area contributed by atoms with Crippen LogP contribution in [0.2, 0.25) is 0 Å². The Kier molecular flexibility index (Phi) is 4.69. The largest absolute Gasteiger partial charge is 0.469 e. The number of benzene rings is 1. The molecule has 0 fully saturated rings. The molecule has 0 atom stereocenters. The highest BCUT2D eigenvalue weighted by Gasteiger charge is 2.16. The van der Waals surface area contributed by atoms with E-state index in [1.54, 1.807) is 18.0 Å². The highest BCUT2D eigenvalue weighted by Crippen LogP contribution is 2.28. The van der Waals surface area contributed by atoms with Crippen molar-refractivity contribution in [2.75, 3.05) is 0 Å². The number of hydrogen-bond donors (Lipinski definition) is 0. The Balaban J connectivity index is 1.83. The van der Waals surface area contributed by atoms with Crippen LogP contribution in [0.15, 0.2) is 50.6 Å². The second-order valence-corrected chi connectivity index (χ2v) is 6.72. The number of thioether (sulfide) groups is 1. The number of rotatable bonds is 5. The van der Waals surface area contributed by atoms with Gasteiger partial charge in [0.25, 0.3) is 0 Å². The molecular formula is C16H16BrN3OS. The van der Waals surface area contributed by atoms with Gasteiger partial charge in [0.05, 0.1) is 11.8 Å². The zero-order chi connectivity index (χ0) is 15.5. The third kappa shape index (κ3) is 3.13. The third-order valence-corrected chi connectivity index (χ3v) is 4.92. The van der Waals surface area contributed by atoms with Gasteiger partial charge in [-0.05, 0) is 37.6 Å². The molecule has 0 aliphatic rings. The lowest BCUT2D eigenvalue weighted by Gasteiger charge is -2.07. The molecule has 3 rings (SSSR count). The van der Waals surface area contributed by atoms with Crippen molar-refractivity contribution in [1.82, 2.24) is 14.8 Å². The normalized spacial score (nSPS) is 11.0. The summed E-state index contributed by atoms with van der Waals surface area (Å²) in [4.78, 5) is 0. The van der Waals surface area contributed by atoms with Crippen molar-refractivity contribution in [2.45, 2.75) is 31.3 Å². The minimum Gasteiger partial charge on any atom is -0.469 e. The van der Waals surface area contributed by atoms with Gasteiger partial charge in [-0.15, -0.1) is 10.2 Å². The van der Waals surface area contributed by atoms with Crippen molar-refractivity contribution in [3.63, 3.8) is 0 Å². The predicted molar refractivity (Wildman–Crippen MR) is 91.8 cm³/mol. The third-order valence-electron chi connectivity index (χ3n) is 3.39. The van der Waals surface area contributed by atoms with E-state index in [9.17, 15) is 0 Å². The molecule has 22 heavy (non-hydrogen) atoms. The number of aromatic nitrogens is 3. The number of aryl methyl sites for hydroxylation is 1. The summed E-state index contributed by atoms with van der Waals surface area (Å²) in [5, 5.41) is 9.62. The molecule has 0 aliphatic heterocycles. The Bertz CT molecular complexity index is 781. The maximum atomic E-state index is 5.38. The molecule has 2 aromatic heterocycles. The first-order valence-electron chi connectivity index (χ1n) is 7.04. The first-order valence-corrected chi connectivity index (χ1v) is 8.81. The topological polar surface area (TPSA) is 43.9 Å². The van der Waals surface area contributed by atoms with E-state index in [0.717, 1.165) is 39.1 Å². The molecule has 1 aromatic carbocycles. The van der Waals surface area contributed by atoms with E-state index in [1.165, 1.54) is 5.56 Å². The minimum atomic E-state index is 0.827. The molecule has 0 bridgehead atoms. The van der Waals surface area contributed by atoms with E-state index in [2.05, 4.69) is 49.8 Å². The van der Waals surface area contributed by atoms with E-state index in [4.69, 9.17) is 4.42 Å². The number of furan rings is 1. The fourth-order valence-electron chi connectivity index (χ4n) is 2.27. The Morgan fingerprint density at radius 1 is 1.27 bits per heavy atom. The van der Waals surface area contributed by atoms with Crippen LogP contribution in [0.3, 0.4) is 0 Å². The van der Waals surface area contributed by atoms with Gasteiger partial charge >= 0.3 is 0 Å². The minimum absolute atomic E-state index is 0.827. The van der Waals surface area contributed by atoms with Gasteiger partial charge < -0.3 is 8.98 Å². The molecule has 4 nitrogen and oxygen atoms in total. The van der Waals surface area contributed by atoms with Crippen LogP contribution in [0.5, 0.6) is 0 Å². The zero-order valence-corrected chi connectivity index (χ0v) is 14.8. The van der Waals surface area contributed by atoms with Gasteiger partial charge in [-0.25, -0.2) is 0 Å². The molecule has 6 heteroatoms. The van der Waals surface area contributed by atoms with E-state index < -0.39 is 0 Å². The van der Waals surface area contributed by atoms with E-state index in [1.807, 2.05) is 25.1 Å². The molecular weight excluding hydrogens is 362 g/mol. The van der Waals surface area contributed by atoms with Crippen LogP contribution >= 0.6 is 27.7 Å². The van der Waals surface area contributed by atoms with Crippen molar-refractivity contribution in [2.24, 2.45) is 0 Å². The number of halogens is 1. The lowest BCUT2D eigenvalue weighted by atomic mass is 10.2. The second kappa shape index (κ2) is 6.71. The lowest BCUT2D eigenvalue weighted by Crippen LogP contribution is -2.00. The first kappa shape index (κ1) is 15.4. The van der Waals surface area contributed by atoms with Gasteiger partial charge in [0, 0.05) is 16.8 Å². The van der Waals surface area contributed by atoms with Crippen LogP contribution in [-0.4, -0.2) is 14.8 Å². The maximum absolute atomic E-state index is 5.38. The predicted octanol–water partition coefficient (Wildman–Crippen LogP) is 4.92. The van der Waals surface area contributed by atoms with Crippen LogP contribution in [0, 0.1) is 6.92 Å². The average molecular weight is 378 g/mol. The van der Waals surface area contributed by atoms with Gasteiger partial charge in [-0.1, -0.05) is 39.8 Å². The van der Waals surface area contributed by atoms with Crippen LogP contribution in [0.4, 0.5) is 0 Å². The fraction of sp³-hybridized carbons (Fsp3) is 0.250. The van der Waals surface area contributed by atoms with Gasteiger partial charge in [-0.3, -0.25) is 0 Å². The molecule has 2 heterocycles. The molecule has 0 aliphatic carbocycles. The molecule has 3 aromatic rings. The van der Waals surface area contributed by atoms with E-state index in [0.29, 0.717) is 0 Å². The van der Waals surface area contributed by atoms with Crippen LogP contribution in [0.1, 0.15) is 18.2 Å². The lowest BCUT2D eigenvalue weighted by molar-refractivity contribution is 0.534. The van der Waals surface area contributed by atoms with Crippen molar-refractivity contribution in [3.05, 3.63) is 52.4 Å². The Labute approximate surface area is 142 Å². The number of hydrogen-bond acceptors (Lipinski definition) is 4. The standard InChI is InChI=1S/C16H16BrN3OS/c1-3-20-15(14-7-8-21-11(14)2)18-19-16(20)22-10-12-5-4-6-13(17)9-12/h4-9H,3,10H2,1-2H3. The zero-order valence-electron chi connectivity index (χ0n) is 12.4. The molecule has 114 valence electrons. The van der Waals surface area contributed by atoms with Crippen molar-refractivity contribution < 1.29 is 4.42 Å². The second-order valence-electron chi connectivity index (χ2n) is 4.86. The quantitative estimate of drug-likeness (QED) is 0.591. The summed E-state index contributed by atoms with van der Waals surface area (Å²) < 4.78 is 8.60. The first-order chi connectivity index (χ1) is 10.7. The smallest absolute Gasteiger partial charge is 0.191 e. The molecule has 0 saturated heterocycles. The molecule has 0 N–H and O–H groups in total. The van der Waals surface area contributed by atoms with Gasteiger partial charge in [0.1, 0.15) is 5.76 Å². The van der Waals surface area contributed by atoms with Crippen LogP contribution in [-0.2, 0) is 12.3 Å². The molecule has 0 amide bonds. The summed E-state index contributed by atoms with van der Waals surface area (Å²) in [7, 11) is 0. The average Bonchev–Trinajstić information content (AvgIpc) is 3.10. The molecule has 0 saturated carbocycles. The molecule has 0 spiro atoms. The van der Waals surface area contributed by atoms with Crippen molar-refractivity contribution in [1.29, 1.82) is 0 Å². The van der Waals surface area contributed by atoms with E-state index in [-0.39, 0.29) is 0 Å². The fourth-order valence-corrected chi connectivity index (χ4v) is 3.66. The highest BCUT2D eigenvalue weighted by atomic mass is 79.9. The Morgan fingerprint density at radius 3 is 2.82 bits per heavy atom. The summed E-state index contributed by atoms with van der Waals surface area (Å²) in [6.07, 6.45) is 1.69. The van der Waals surface area contributed by atoms with Crippen molar-refractivity contribution >= 4 is 27.7 Å². The van der Waals surface area contributed by atoms with E-state index >= 15 is 0 Å². The summed E-state index contributed by atoms with van der Waals surface area (Å²) >= 11 is 5.20. The molecule has 0 unspecified atom stereocenters. The number of nitrogens with zero attached hydrogens (tertiary/aromatic N) is 3. The summed E-state index contributed by atoms with van der Waals surface area (Å²) in [6, 6.07) is 10.3. The van der Waals surface area contributed by atoms with Crippen LogP contribution < -0.4 is 0 Å². The summed E-state index contributed by atoms with van der Waals surface area (Å²) in [6.45, 7) is 4.87. The Morgan fingerprint density at radius 2 is 2.14 bits per heavy atom.